The van der Waals surface area contributed by atoms with Gasteiger partial charge in [-0.2, -0.15) is 0 Å². The third kappa shape index (κ3) is 3.62. The average molecular weight is 308 g/mol. The van der Waals surface area contributed by atoms with Crippen molar-refractivity contribution in [3.05, 3.63) is 5.82 Å². The van der Waals surface area contributed by atoms with Crippen LogP contribution in [0.25, 0.3) is 0 Å². The van der Waals surface area contributed by atoms with E-state index in [9.17, 15) is 0 Å². The van der Waals surface area contributed by atoms with Gasteiger partial charge in [-0.05, 0) is 38.0 Å². The highest BCUT2D eigenvalue weighted by Gasteiger charge is 2.30. The molecule has 118 valence electrons. The van der Waals surface area contributed by atoms with Gasteiger partial charge in [-0.25, -0.2) is 0 Å². The van der Waals surface area contributed by atoms with Crippen molar-refractivity contribution in [2.24, 2.45) is 11.7 Å². The molecule has 0 bridgehead atoms. The van der Waals surface area contributed by atoms with E-state index in [-0.39, 0.29) is 0 Å². The SMILES string of the molecule is CCCC1CCC(N)C(Sc2nnc3n2CCCCC3)C1. The Labute approximate surface area is 132 Å². The molecule has 0 spiro atoms. The Morgan fingerprint density at radius 2 is 2.14 bits per heavy atom. The number of nitrogens with zero attached hydrogens (tertiary/aromatic N) is 3. The number of hydrogen-bond donors (Lipinski definition) is 1. The van der Waals surface area contributed by atoms with Gasteiger partial charge in [0.2, 0.25) is 0 Å². The van der Waals surface area contributed by atoms with Crippen LogP contribution in [0.1, 0.15) is 64.1 Å². The van der Waals surface area contributed by atoms with Gasteiger partial charge in [-0.3, -0.25) is 0 Å². The number of nitrogens with two attached hydrogens (primary N) is 1. The monoisotopic (exact) mass is 308 g/mol. The minimum absolute atomic E-state index is 0.321. The minimum atomic E-state index is 0.321. The van der Waals surface area contributed by atoms with Crippen LogP contribution in [0.15, 0.2) is 5.16 Å². The Balaban J connectivity index is 1.69. The topological polar surface area (TPSA) is 56.7 Å². The second-order valence-corrected chi connectivity index (χ2v) is 7.86. The molecule has 1 aliphatic heterocycles. The van der Waals surface area contributed by atoms with E-state index in [0.29, 0.717) is 11.3 Å². The molecule has 1 aliphatic carbocycles. The van der Waals surface area contributed by atoms with E-state index in [2.05, 4.69) is 21.7 Å². The highest BCUT2D eigenvalue weighted by atomic mass is 32.2. The van der Waals surface area contributed by atoms with Crippen LogP contribution in [0.2, 0.25) is 0 Å². The maximum absolute atomic E-state index is 6.38. The van der Waals surface area contributed by atoms with E-state index >= 15 is 0 Å². The predicted molar refractivity (Wildman–Crippen MR) is 87.4 cm³/mol. The zero-order valence-corrected chi connectivity index (χ0v) is 13.9. The standard InChI is InChI=1S/C16H28N4S/c1-2-6-12-8-9-13(17)14(11-12)21-16-19-18-15-7-4-3-5-10-20(15)16/h12-14H,2-11,17H2,1H3. The lowest BCUT2D eigenvalue weighted by molar-refractivity contribution is 0.316. The fourth-order valence-corrected chi connectivity index (χ4v) is 5.08. The summed E-state index contributed by atoms with van der Waals surface area (Å²) in [5.41, 5.74) is 6.38. The molecular weight excluding hydrogens is 280 g/mol. The van der Waals surface area contributed by atoms with E-state index < -0.39 is 0 Å². The zero-order chi connectivity index (χ0) is 14.7. The van der Waals surface area contributed by atoms with Crippen LogP contribution in [-0.4, -0.2) is 26.1 Å². The molecule has 0 aromatic carbocycles. The van der Waals surface area contributed by atoms with Crippen LogP contribution < -0.4 is 5.73 Å². The molecule has 3 rings (SSSR count). The molecule has 1 aromatic heterocycles. The summed E-state index contributed by atoms with van der Waals surface area (Å²) in [6, 6.07) is 0.321. The molecule has 3 unspecified atom stereocenters. The van der Waals surface area contributed by atoms with Crippen molar-refractivity contribution >= 4 is 11.8 Å². The maximum Gasteiger partial charge on any atom is 0.191 e. The number of fused-ring (bicyclic) bond motifs is 1. The average Bonchev–Trinajstić information content (AvgIpc) is 2.71. The summed E-state index contributed by atoms with van der Waals surface area (Å²) in [6.45, 7) is 3.38. The molecule has 1 fully saturated rings. The molecule has 0 radical (unpaired) electrons. The molecular formula is C16H28N4S. The molecule has 0 saturated heterocycles. The zero-order valence-electron chi connectivity index (χ0n) is 13.1. The lowest BCUT2D eigenvalue weighted by Gasteiger charge is -2.33. The third-order valence-electron chi connectivity index (χ3n) is 4.98. The first-order valence-corrected chi connectivity index (χ1v) is 9.50. The maximum atomic E-state index is 6.38. The van der Waals surface area contributed by atoms with Crippen LogP contribution in [0.5, 0.6) is 0 Å². The van der Waals surface area contributed by atoms with Gasteiger partial charge in [0.05, 0.1) is 0 Å². The molecule has 4 nitrogen and oxygen atoms in total. The first-order valence-electron chi connectivity index (χ1n) is 8.62. The quantitative estimate of drug-likeness (QED) is 0.926. The summed E-state index contributed by atoms with van der Waals surface area (Å²) in [5, 5.41) is 10.5. The summed E-state index contributed by atoms with van der Waals surface area (Å²) >= 11 is 1.90. The molecule has 1 aromatic rings. The molecule has 1 saturated carbocycles. The highest BCUT2D eigenvalue weighted by molar-refractivity contribution is 7.99. The lowest BCUT2D eigenvalue weighted by Crippen LogP contribution is -2.38. The summed E-state index contributed by atoms with van der Waals surface area (Å²) < 4.78 is 2.35. The van der Waals surface area contributed by atoms with Crippen molar-refractivity contribution in [1.29, 1.82) is 0 Å². The summed E-state index contributed by atoms with van der Waals surface area (Å²) in [5.74, 6) is 2.04. The molecule has 5 heteroatoms. The Hall–Kier alpha value is -0.550. The van der Waals surface area contributed by atoms with Gasteiger partial charge in [-0.1, -0.05) is 37.9 Å². The van der Waals surface area contributed by atoms with Crippen molar-refractivity contribution in [2.45, 2.75) is 87.7 Å². The van der Waals surface area contributed by atoms with Gasteiger partial charge in [0, 0.05) is 24.3 Å². The Bertz CT molecular complexity index is 459. The third-order valence-corrected chi connectivity index (χ3v) is 6.34. The second kappa shape index (κ2) is 7.14. The number of rotatable bonds is 4. The summed E-state index contributed by atoms with van der Waals surface area (Å²) in [7, 11) is 0. The first-order chi connectivity index (χ1) is 10.3. The fraction of sp³-hybridized carbons (Fsp3) is 0.875. The number of aryl methyl sites for hydroxylation is 1. The summed E-state index contributed by atoms with van der Waals surface area (Å²) in [4.78, 5) is 0. The van der Waals surface area contributed by atoms with E-state index in [0.717, 1.165) is 24.0 Å². The van der Waals surface area contributed by atoms with Crippen molar-refractivity contribution in [3.8, 4) is 0 Å². The molecule has 0 amide bonds. The predicted octanol–water partition coefficient (Wildman–Crippen LogP) is 3.39. The molecule has 2 heterocycles. The molecule has 2 aliphatic rings. The molecule has 2 N–H and O–H groups in total. The number of aromatic nitrogens is 3. The smallest absolute Gasteiger partial charge is 0.191 e. The largest absolute Gasteiger partial charge is 0.327 e. The highest BCUT2D eigenvalue weighted by Crippen LogP contribution is 2.37. The van der Waals surface area contributed by atoms with Gasteiger partial charge >= 0.3 is 0 Å². The van der Waals surface area contributed by atoms with Crippen LogP contribution in [-0.2, 0) is 13.0 Å². The lowest BCUT2D eigenvalue weighted by atomic mass is 9.83. The van der Waals surface area contributed by atoms with Crippen LogP contribution in [0.3, 0.4) is 0 Å². The fourth-order valence-electron chi connectivity index (χ4n) is 3.72. The molecule has 21 heavy (non-hydrogen) atoms. The molecule has 3 atom stereocenters. The van der Waals surface area contributed by atoms with Gasteiger partial charge in [0.15, 0.2) is 5.16 Å². The van der Waals surface area contributed by atoms with E-state index in [1.54, 1.807) is 0 Å². The van der Waals surface area contributed by atoms with Gasteiger partial charge in [-0.15, -0.1) is 10.2 Å². The Morgan fingerprint density at radius 1 is 1.24 bits per heavy atom. The van der Waals surface area contributed by atoms with Gasteiger partial charge in [0.25, 0.3) is 0 Å². The van der Waals surface area contributed by atoms with Gasteiger partial charge in [0.1, 0.15) is 5.82 Å². The second-order valence-electron chi connectivity index (χ2n) is 6.65. The Kier molecular flexibility index (Phi) is 5.22. The minimum Gasteiger partial charge on any atom is -0.327 e. The van der Waals surface area contributed by atoms with E-state index in [4.69, 9.17) is 5.73 Å². The number of thioether (sulfide) groups is 1. The van der Waals surface area contributed by atoms with Crippen LogP contribution >= 0.6 is 11.8 Å². The van der Waals surface area contributed by atoms with E-state index in [1.165, 1.54) is 57.2 Å². The Morgan fingerprint density at radius 3 is 3.00 bits per heavy atom. The van der Waals surface area contributed by atoms with Crippen LogP contribution in [0.4, 0.5) is 0 Å². The van der Waals surface area contributed by atoms with E-state index in [1.807, 2.05) is 11.8 Å². The van der Waals surface area contributed by atoms with Crippen molar-refractivity contribution < 1.29 is 0 Å². The summed E-state index contributed by atoms with van der Waals surface area (Å²) in [6.07, 6.45) is 11.3. The van der Waals surface area contributed by atoms with Crippen molar-refractivity contribution in [1.82, 2.24) is 14.8 Å². The van der Waals surface area contributed by atoms with Crippen LogP contribution in [0, 0.1) is 5.92 Å². The van der Waals surface area contributed by atoms with Crippen molar-refractivity contribution in [3.63, 3.8) is 0 Å². The number of hydrogen-bond acceptors (Lipinski definition) is 4. The van der Waals surface area contributed by atoms with Gasteiger partial charge < -0.3 is 10.3 Å². The van der Waals surface area contributed by atoms with Crippen molar-refractivity contribution in [2.75, 3.05) is 0 Å². The normalized spacial score (nSPS) is 29.9. The first kappa shape index (κ1) is 15.3.